The third-order valence-electron chi connectivity index (χ3n) is 3.24. The molecule has 1 aromatic heterocycles. The lowest BCUT2D eigenvalue weighted by molar-refractivity contribution is -0.137. The Morgan fingerprint density at radius 2 is 1.88 bits per heavy atom. The lowest BCUT2D eigenvalue weighted by Crippen LogP contribution is -2.06. The number of aromatic nitrogens is 1. The van der Waals surface area contributed by atoms with Crippen molar-refractivity contribution in [1.82, 2.24) is 4.98 Å². The molecule has 0 spiro atoms. The first-order valence-corrected chi connectivity index (χ1v) is 8.36. The minimum absolute atomic E-state index is 0.282. The Labute approximate surface area is 150 Å². The Morgan fingerprint density at radius 1 is 1.12 bits per heavy atom. The summed E-state index contributed by atoms with van der Waals surface area (Å²) in [4.78, 5) is 4.38. The molecule has 0 aliphatic carbocycles. The van der Waals surface area contributed by atoms with E-state index < -0.39 is 11.7 Å². The SMILES string of the molecule is FC(F)(F)c1cc(C=NNc2nc(-c3ccccc3)cs2)ccc1Cl. The molecule has 0 saturated carbocycles. The van der Waals surface area contributed by atoms with Gasteiger partial charge in [0.1, 0.15) is 0 Å². The number of benzene rings is 2. The number of nitrogens with zero attached hydrogens (tertiary/aromatic N) is 2. The number of nitrogens with one attached hydrogen (secondary N) is 1. The molecule has 0 saturated heterocycles. The highest BCUT2D eigenvalue weighted by atomic mass is 35.5. The summed E-state index contributed by atoms with van der Waals surface area (Å²) in [6.45, 7) is 0. The average molecular weight is 382 g/mol. The summed E-state index contributed by atoms with van der Waals surface area (Å²) >= 11 is 6.94. The minimum atomic E-state index is -4.51. The van der Waals surface area contributed by atoms with Crippen LogP contribution in [0.5, 0.6) is 0 Å². The second-order valence-electron chi connectivity index (χ2n) is 5.01. The number of alkyl halides is 3. The van der Waals surface area contributed by atoms with Crippen LogP contribution in [0, 0.1) is 0 Å². The molecule has 3 aromatic rings. The molecular formula is C17H11ClF3N3S. The van der Waals surface area contributed by atoms with Gasteiger partial charge in [-0.1, -0.05) is 48.0 Å². The number of anilines is 1. The molecule has 0 bridgehead atoms. The van der Waals surface area contributed by atoms with Crippen molar-refractivity contribution in [2.75, 3.05) is 5.43 Å². The van der Waals surface area contributed by atoms with Crippen LogP contribution in [0.2, 0.25) is 5.02 Å². The van der Waals surface area contributed by atoms with E-state index in [0.717, 1.165) is 17.3 Å². The van der Waals surface area contributed by atoms with Crippen molar-refractivity contribution in [3.05, 3.63) is 70.1 Å². The van der Waals surface area contributed by atoms with E-state index in [1.165, 1.54) is 29.7 Å². The summed E-state index contributed by atoms with van der Waals surface area (Å²) in [5, 5.41) is 6.01. The van der Waals surface area contributed by atoms with Gasteiger partial charge in [-0.3, -0.25) is 5.43 Å². The maximum Gasteiger partial charge on any atom is 0.417 e. The van der Waals surface area contributed by atoms with Crippen molar-refractivity contribution in [2.24, 2.45) is 5.10 Å². The van der Waals surface area contributed by atoms with E-state index in [2.05, 4.69) is 15.5 Å². The quantitative estimate of drug-likeness (QED) is 0.449. The minimum Gasteiger partial charge on any atom is -0.253 e. The molecule has 0 amide bonds. The van der Waals surface area contributed by atoms with Gasteiger partial charge >= 0.3 is 6.18 Å². The van der Waals surface area contributed by atoms with Gasteiger partial charge in [0.15, 0.2) is 0 Å². The molecule has 0 fully saturated rings. The molecule has 3 nitrogen and oxygen atoms in total. The van der Waals surface area contributed by atoms with Crippen LogP contribution >= 0.6 is 22.9 Å². The largest absolute Gasteiger partial charge is 0.417 e. The van der Waals surface area contributed by atoms with E-state index in [0.29, 0.717) is 5.13 Å². The zero-order valence-electron chi connectivity index (χ0n) is 12.6. The van der Waals surface area contributed by atoms with Crippen molar-refractivity contribution >= 4 is 34.3 Å². The van der Waals surface area contributed by atoms with E-state index in [4.69, 9.17) is 11.6 Å². The lowest BCUT2D eigenvalue weighted by atomic mass is 10.1. The number of rotatable bonds is 4. The number of hydrazone groups is 1. The van der Waals surface area contributed by atoms with Crippen molar-refractivity contribution in [2.45, 2.75) is 6.18 Å². The Bertz CT molecular complexity index is 892. The van der Waals surface area contributed by atoms with Gasteiger partial charge in [0.2, 0.25) is 5.13 Å². The lowest BCUT2D eigenvalue weighted by Gasteiger charge is -2.09. The van der Waals surface area contributed by atoms with Crippen LogP contribution in [0.1, 0.15) is 11.1 Å². The molecule has 8 heteroatoms. The monoisotopic (exact) mass is 381 g/mol. The topological polar surface area (TPSA) is 37.3 Å². The molecule has 1 heterocycles. The molecular weight excluding hydrogens is 371 g/mol. The highest BCUT2D eigenvalue weighted by Gasteiger charge is 2.33. The van der Waals surface area contributed by atoms with Crippen LogP contribution < -0.4 is 5.43 Å². The van der Waals surface area contributed by atoms with Gasteiger partial charge in [0.05, 0.1) is 22.5 Å². The fourth-order valence-corrected chi connectivity index (χ4v) is 2.96. The van der Waals surface area contributed by atoms with Crippen LogP contribution in [0.4, 0.5) is 18.3 Å². The normalized spacial score (nSPS) is 11.8. The molecule has 25 heavy (non-hydrogen) atoms. The standard InChI is InChI=1S/C17H11ClF3N3S/c18-14-7-6-11(8-13(14)17(19,20)21)9-22-24-16-23-15(10-25-16)12-4-2-1-3-5-12/h1-10H,(H,23,24). The van der Waals surface area contributed by atoms with Crippen molar-refractivity contribution in [3.63, 3.8) is 0 Å². The Kier molecular flexibility index (Phi) is 5.06. The molecule has 0 unspecified atom stereocenters. The molecule has 0 radical (unpaired) electrons. The molecule has 3 rings (SSSR count). The van der Waals surface area contributed by atoms with Crippen molar-refractivity contribution in [1.29, 1.82) is 0 Å². The van der Waals surface area contributed by atoms with Crippen LogP contribution in [-0.4, -0.2) is 11.2 Å². The second-order valence-corrected chi connectivity index (χ2v) is 6.28. The highest BCUT2D eigenvalue weighted by molar-refractivity contribution is 7.14. The fourth-order valence-electron chi connectivity index (χ4n) is 2.07. The van der Waals surface area contributed by atoms with Gasteiger partial charge in [-0.2, -0.15) is 18.3 Å². The summed E-state index contributed by atoms with van der Waals surface area (Å²) in [5.74, 6) is 0. The number of hydrogen-bond donors (Lipinski definition) is 1. The first-order valence-electron chi connectivity index (χ1n) is 7.10. The van der Waals surface area contributed by atoms with Crippen LogP contribution in [0.25, 0.3) is 11.3 Å². The van der Waals surface area contributed by atoms with Gasteiger partial charge in [0.25, 0.3) is 0 Å². The maximum atomic E-state index is 12.8. The van der Waals surface area contributed by atoms with Crippen molar-refractivity contribution < 1.29 is 13.2 Å². The zero-order valence-corrected chi connectivity index (χ0v) is 14.2. The smallest absolute Gasteiger partial charge is 0.253 e. The molecule has 1 N–H and O–H groups in total. The molecule has 2 aromatic carbocycles. The van der Waals surface area contributed by atoms with E-state index in [1.807, 2.05) is 35.7 Å². The fraction of sp³-hybridized carbons (Fsp3) is 0.0588. The van der Waals surface area contributed by atoms with Crippen LogP contribution in [-0.2, 0) is 6.18 Å². The van der Waals surface area contributed by atoms with E-state index in [9.17, 15) is 13.2 Å². The predicted molar refractivity (Wildman–Crippen MR) is 95.2 cm³/mol. The van der Waals surface area contributed by atoms with E-state index in [-0.39, 0.29) is 10.6 Å². The zero-order chi connectivity index (χ0) is 17.9. The highest BCUT2D eigenvalue weighted by Crippen LogP contribution is 2.34. The summed E-state index contributed by atoms with van der Waals surface area (Å²) in [6.07, 6.45) is -3.22. The van der Waals surface area contributed by atoms with E-state index in [1.54, 1.807) is 0 Å². The Balaban J connectivity index is 1.71. The first-order chi connectivity index (χ1) is 11.9. The Morgan fingerprint density at radius 3 is 2.60 bits per heavy atom. The molecule has 0 aliphatic rings. The Hall–Kier alpha value is -2.38. The maximum absolute atomic E-state index is 12.8. The van der Waals surface area contributed by atoms with Crippen LogP contribution in [0.3, 0.4) is 0 Å². The first kappa shape index (κ1) is 17.4. The number of halogens is 4. The number of thiazole rings is 1. The molecule has 0 aliphatic heterocycles. The van der Waals surface area contributed by atoms with Gasteiger partial charge in [-0.15, -0.1) is 11.3 Å². The van der Waals surface area contributed by atoms with Gasteiger partial charge in [-0.05, 0) is 17.7 Å². The summed E-state index contributed by atoms with van der Waals surface area (Å²) in [6, 6.07) is 13.2. The summed E-state index contributed by atoms with van der Waals surface area (Å²) in [7, 11) is 0. The third kappa shape index (κ3) is 4.37. The van der Waals surface area contributed by atoms with Gasteiger partial charge < -0.3 is 0 Å². The van der Waals surface area contributed by atoms with Crippen LogP contribution in [0.15, 0.2) is 59.0 Å². The molecule has 0 atom stereocenters. The second kappa shape index (κ2) is 7.25. The van der Waals surface area contributed by atoms with E-state index >= 15 is 0 Å². The summed E-state index contributed by atoms with van der Waals surface area (Å²) in [5.41, 5.74) is 3.89. The number of hydrogen-bond acceptors (Lipinski definition) is 4. The average Bonchev–Trinajstić information content (AvgIpc) is 3.05. The predicted octanol–water partition coefficient (Wildman–Crippen LogP) is 5.93. The third-order valence-corrected chi connectivity index (χ3v) is 4.32. The summed E-state index contributed by atoms with van der Waals surface area (Å²) < 4.78 is 38.5. The molecule has 128 valence electrons. The van der Waals surface area contributed by atoms with Gasteiger partial charge in [0, 0.05) is 10.9 Å². The van der Waals surface area contributed by atoms with Gasteiger partial charge in [-0.25, -0.2) is 4.98 Å². The van der Waals surface area contributed by atoms with Crippen molar-refractivity contribution in [3.8, 4) is 11.3 Å².